The average molecular weight is 430 g/mol. The molecule has 148 valence electrons. The fourth-order valence-electron chi connectivity index (χ4n) is 2.75. The van der Waals surface area contributed by atoms with Crippen molar-refractivity contribution in [2.24, 2.45) is 0 Å². The van der Waals surface area contributed by atoms with Gasteiger partial charge in [0.1, 0.15) is 11.4 Å². The monoisotopic (exact) mass is 429 g/mol. The van der Waals surface area contributed by atoms with Crippen molar-refractivity contribution in [3.05, 3.63) is 81.4 Å². The number of H-pyrrole nitrogens is 1. The number of nitrogens with zero attached hydrogens (tertiary/aromatic N) is 1. The molecule has 8 heteroatoms. The number of aromatic amines is 1. The molecule has 0 unspecified atom stereocenters. The molecule has 0 spiro atoms. The maximum atomic E-state index is 12.5. The molecule has 1 heterocycles. The number of rotatable bonds is 7. The maximum absolute atomic E-state index is 12.5. The quantitative estimate of drug-likeness (QED) is 0.517. The molecule has 2 aromatic carbocycles. The van der Waals surface area contributed by atoms with Crippen LogP contribution in [-0.4, -0.2) is 27.4 Å². The SMILES string of the molecule is CCC(=O)c1nc[nH]c1C(=O)Nc1ccc(CC(=O)c2cccc(Cl)c2Cl)cc1. The predicted molar refractivity (Wildman–Crippen MR) is 112 cm³/mol. The molecule has 0 radical (unpaired) electrons. The summed E-state index contributed by atoms with van der Waals surface area (Å²) in [5.41, 5.74) is 1.88. The van der Waals surface area contributed by atoms with Gasteiger partial charge in [-0.05, 0) is 29.8 Å². The van der Waals surface area contributed by atoms with Crippen molar-refractivity contribution < 1.29 is 14.4 Å². The third kappa shape index (κ3) is 4.72. The molecular weight excluding hydrogens is 413 g/mol. The van der Waals surface area contributed by atoms with Gasteiger partial charge in [-0.15, -0.1) is 0 Å². The Labute approximate surface area is 177 Å². The first-order valence-corrected chi connectivity index (χ1v) is 9.60. The molecule has 3 aromatic rings. The van der Waals surface area contributed by atoms with Crippen LogP contribution in [0.15, 0.2) is 48.8 Å². The molecule has 29 heavy (non-hydrogen) atoms. The highest BCUT2D eigenvalue weighted by Crippen LogP contribution is 2.26. The number of anilines is 1. The molecule has 0 aliphatic carbocycles. The maximum Gasteiger partial charge on any atom is 0.274 e. The van der Waals surface area contributed by atoms with Gasteiger partial charge < -0.3 is 10.3 Å². The summed E-state index contributed by atoms with van der Waals surface area (Å²) < 4.78 is 0. The van der Waals surface area contributed by atoms with Crippen LogP contribution in [0.5, 0.6) is 0 Å². The van der Waals surface area contributed by atoms with Gasteiger partial charge in [-0.3, -0.25) is 14.4 Å². The van der Waals surface area contributed by atoms with Gasteiger partial charge in [0.2, 0.25) is 0 Å². The van der Waals surface area contributed by atoms with Gasteiger partial charge in [-0.2, -0.15) is 0 Å². The van der Waals surface area contributed by atoms with Gasteiger partial charge in [-0.25, -0.2) is 4.98 Å². The molecule has 0 aliphatic heterocycles. The molecule has 0 bridgehead atoms. The zero-order chi connectivity index (χ0) is 21.0. The summed E-state index contributed by atoms with van der Waals surface area (Å²) in [4.78, 5) is 43.4. The van der Waals surface area contributed by atoms with Gasteiger partial charge in [0.25, 0.3) is 5.91 Å². The van der Waals surface area contributed by atoms with Crippen LogP contribution in [0, 0.1) is 0 Å². The van der Waals surface area contributed by atoms with Crippen LogP contribution >= 0.6 is 23.2 Å². The molecule has 1 aromatic heterocycles. The van der Waals surface area contributed by atoms with Gasteiger partial charge in [0, 0.05) is 24.1 Å². The Bertz CT molecular complexity index is 1080. The lowest BCUT2D eigenvalue weighted by atomic mass is 10.0. The standard InChI is InChI=1S/C21H17Cl2N3O3/c1-2-16(27)19-20(25-11-24-19)21(29)26-13-8-6-12(7-9-13)10-17(28)14-4-3-5-15(22)18(14)23/h3-9,11H,2,10H2,1H3,(H,24,25)(H,26,29). The Hall–Kier alpha value is -2.96. The zero-order valence-corrected chi connectivity index (χ0v) is 17.0. The Morgan fingerprint density at radius 2 is 1.76 bits per heavy atom. The third-order valence-corrected chi connectivity index (χ3v) is 5.10. The number of hydrogen-bond acceptors (Lipinski definition) is 4. The average Bonchev–Trinajstić information content (AvgIpc) is 3.21. The Morgan fingerprint density at radius 1 is 1.03 bits per heavy atom. The highest BCUT2D eigenvalue weighted by Gasteiger charge is 2.19. The summed E-state index contributed by atoms with van der Waals surface area (Å²) >= 11 is 12.1. The van der Waals surface area contributed by atoms with Gasteiger partial charge >= 0.3 is 0 Å². The summed E-state index contributed by atoms with van der Waals surface area (Å²) in [5, 5.41) is 3.27. The Kier molecular flexibility index (Phi) is 6.46. The van der Waals surface area contributed by atoms with Crippen molar-refractivity contribution in [1.29, 1.82) is 0 Å². The summed E-state index contributed by atoms with van der Waals surface area (Å²) in [5.74, 6) is -0.840. The lowest BCUT2D eigenvalue weighted by Crippen LogP contribution is -2.16. The van der Waals surface area contributed by atoms with E-state index in [1.54, 1.807) is 49.4 Å². The molecule has 0 atom stereocenters. The first-order valence-electron chi connectivity index (χ1n) is 8.84. The van der Waals surface area contributed by atoms with Crippen LogP contribution in [0.25, 0.3) is 0 Å². The van der Waals surface area contributed by atoms with Crippen molar-refractivity contribution in [2.75, 3.05) is 5.32 Å². The fourth-order valence-corrected chi connectivity index (χ4v) is 3.15. The molecule has 6 nitrogen and oxygen atoms in total. The smallest absolute Gasteiger partial charge is 0.274 e. The van der Waals surface area contributed by atoms with E-state index in [9.17, 15) is 14.4 Å². The number of aromatic nitrogens is 2. The molecule has 3 rings (SSSR count). The molecular formula is C21H17Cl2N3O3. The van der Waals surface area contributed by atoms with E-state index in [-0.39, 0.29) is 40.8 Å². The van der Waals surface area contributed by atoms with Gasteiger partial charge in [-0.1, -0.05) is 48.3 Å². The summed E-state index contributed by atoms with van der Waals surface area (Å²) in [6, 6.07) is 11.7. The number of nitrogens with one attached hydrogen (secondary N) is 2. The van der Waals surface area contributed by atoms with Crippen LogP contribution in [0.4, 0.5) is 5.69 Å². The number of ketones is 2. The Balaban J connectivity index is 1.68. The summed E-state index contributed by atoms with van der Waals surface area (Å²) in [6.07, 6.45) is 1.71. The topological polar surface area (TPSA) is 91.9 Å². The third-order valence-electron chi connectivity index (χ3n) is 4.28. The second kappa shape index (κ2) is 9.03. The number of imidazole rings is 1. The summed E-state index contributed by atoms with van der Waals surface area (Å²) in [6.45, 7) is 1.70. The van der Waals surface area contributed by atoms with E-state index in [0.717, 1.165) is 5.56 Å². The van der Waals surface area contributed by atoms with Crippen molar-refractivity contribution >= 4 is 46.4 Å². The fraction of sp³-hybridized carbons (Fsp3) is 0.143. The van der Waals surface area contributed by atoms with Crippen LogP contribution in [-0.2, 0) is 6.42 Å². The van der Waals surface area contributed by atoms with E-state index < -0.39 is 5.91 Å². The van der Waals surface area contributed by atoms with E-state index >= 15 is 0 Å². The van der Waals surface area contributed by atoms with Crippen LogP contribution in [0.3, 0.4) is 0 Å². The van der Waals surface area contributed by atoms with Crippen LogP contribution < -0.4 is 5.32 Å². The largest absolute Gasteiger partial charge is 0.340 e. The van der Waals surface area contributed by atoms with Crippen molar-refractivity contribution in [3.8, 4) is 0 Å². The predicted octanol–water partition coefficient (Wildman–Crippen LogP) is 4.99. The van der Waals surface area contributed by atoms with E-state index in [1.165, 1.54) is 6.33 Å². The van der Waals surface area contributed by atoms with E-state index in [4.69, 9.17) is 23.2 Å². The second-order valence-corrected chi connectivity index (χ2v) is 7.04. The normalized spacial score (nSPS) is 10.6. The van der Waals surface area contributed by atoms with E-state index in [1.807, 2.05) is 0 Å². The van der Waals surface area contributed by atoms with Gasteiger partial charge in [0.15, 0.2) is 11.6 Å². The molecule has 1 amide bonds. The number of hydrogen-bond donors (Lipinski definition) is 2. The van der Waals surface area contributed by atoms with Crippen molar-refractivity contribution in [3.63, 3.8) is 0 Å². The number of carbonyl (C=O) groups excluding carboxylic acids is 3. The molecule has 0 fully saturated rings. The summed E-state index contributed by atoms with van der Waals surface area (Å²) in [7, 11) is 0. The number of carbonyl (C=O) groups is 3. The number of Topliss-reactive ketones (excluding diaryl/α,β-unsaturated/α-hetero) is 2. The molecule has 0 saturated heterocycles. The number of benzene rings is 2. The Morgan fingerprint density at radius 3 is 2.45 bits per heavy atom. The molecule has 2 N–H and O–H groups in total. The first kappa shape index (κ1) is 20.8. The zero-order valence-electron chi connectivity index (χ0n) is 15.5. The lowest BCUT2D eigenvalue weighted by Gasteiger charge is -2.08. The number of amides is 1. The molecule has 0 saturated carbocycles. The first-order chi connectivity index (χ1) is 13.9. The highest BCUT2D eigenvalue weighted by molar-refractivity contribution is 6.43. The second-order valence-electron chi connectivity index (χ2n) is 6.26. The van der Waals surface area contributed by atoms with Crippen LogP contribution in [0.2, 0.25) is 10.0 Å². The molecule has 0 aliphatic rings. The minimum atomic E-state index is -0.464. The van der Waals surface area contributed by atoms with Crippen molar-refractivity contribution in [1.82, 2.24) is 9.97 Å². The lowest BCUT2D eigenvalue weighted by molar-refractivity contribution is 0.0963. The van der Waals surface area contributed by atoms with E-state index in [0.29, 0.717) is 16.3 Å². The highest BCUT2D eigenvalue weighted by atomic mass is 35.5. The van der Waals surface area contributed by atoms with Crippen molar-refractivity contribution in [2.45, 2.75) is 19.8 Å². The minimum Gasteiger partial charge on any atom is -0.340 e. The van der Waals surface area contributed by atoms with Gasteiger partial charge in [0.05, 0.1) is 16.4 Å². The number of halogens is 2. The van der Waals surface area contributed by atoms with Crippen LogP contribution in [0.1, 0.15) is 50.2 Å². The van der Waals surface area contributed by atoms with E-state index in [2.05, 4.69) is 15.3 Å². The minimum absolute atomic E-state index is 0.116.